The van der Waals surface area contributed by atoms with Crippen LogP contribution in [0.2, 0.25) is 5.02 Å². The van der Waals surface area contributed by atoms with E-state index in [-0.39, 0.29) is 22.4 Å². The number of rotatable bonds is 3. The van der Waals surface area contributed by atoms with Gasteiger partial charge < -0.3 is 0 Å². The van der Waals surface area contributed by atoms with Gasteiger partial charge in [0, 0.05) is 22.9 Å². The highest BCUT2D eigenvalue weighted by atomic mass is 35.5. The highest BCUT2D eigenvalue weighted by Gasteiger charge is 2.50. The molecule has 0 heterocycles. The molecule has 0 saturated heterocycles. The molecule has 0 amide bonds. The Labute approximate surface area is 130 Å². The Morgan fingerprint density at radius 2 is 1.77 bits per heavy atom. The number of hydrogen-bond donors (Lipinski definition) is 0. The van der Waals surface area contributed by atoms with Crippen LogP contribution in [0.25, 0.3) is 0 Å². The van der Waals surface area contributed by atoms with Crippen LogP contribution in [0.1, 0.15) is 29.6 Å². The summed E-state index contributed by atoms with van der Waals surface area (Å²) in [5.74, 6) is -3.52. The van der Waals surface area contributed by atoms with Gasteiger partial charge in [0.25, 0.3) is 5.69 Å². The van der Waals surface area contributed by atoms with Crippen molar-refractivity contribution < 1.29 is 19.3 Å². The lowest BCUT2D eigenvalue weighted by atomic mass is 9.75. The lowest BCUT2D eigenvalue weighted by molar-refractivity contribution is -0.385. The lowest BCUT2D eigenvalue weighted by Gasteiger charge is -2.24. The smallest absolute Gasteiger partial charge is 0.281 e. The molecule has 2 aliphatic rings. The number of fused-ring (bicyclic) bond motifs is 2. The number of carbonyl (C=O) groups excluding carboxylic acids is 3. The summed E-state index contributed by atoms with van der Waals surface area (Å²) in [5.41, 5.74) is -0.710. The predicted molar refractivity (Wildman–Crippen MR) is 76.8 cm³/mol. The number of benzene rings is 1. The molecule has 0 aliphatic heterocycles. The van der Waals surface area contributed by atoms with Crippen molar-refractivity contribution in [1.82, 2.24) is 0 Å². The molecule has 0 radical (unpaired) electrons. The number of Topliss-reactive ketones (excluding diaryl/α,β-unsaturated/α-hetero) is 3. The average molecular weight is 322 g/mol. The van der Waals surface area contributed by atoms with Crippen LogP contribution in [0.3, 0.4) is 0 Å². The molecular weight excluding hydrogens is 310 g/mol. The Kier molecular flexibility index (Phi) is 3.56. The highest BCUT2D eigenvalue weighted by Crippen LogP contribution is 2.42. The van der Waals surface area contributed by atoms with Gasteiger partial charge in [-0.15, -0.1) is 0 Å². The minimum atomic E-state index is -1.40. The van der Waals surface area contributed by atoms with Gasteiger partial charge in [0.15, 0.2) is 17.3 Å². The Morgan fingerprint density at radius 1 is 1.18 bits per heavy atom. The molecule has 2 fully saturated rings. The van der Waals surface area contributed by atoms with Crippen LogP contribution in [0.15, 0.2) is 18.2 Å². The van der Waals surface area contributed by atoms with E-state index in [4.69, 9.17) is 11.6 Å². The number of nitrogens with zero attached hydrogens (tertiary/aromatic N) is 1. The number of nitro groups is 1. The second kappa shape index (κ2) is 5.28. The molecule has 1 aromatic carbocycles. The van der Waals surface area contributed by atoms with Gasteiger partial charge in [-0.1, -0.05) is 11.6 Å². The van der Waals surface area contributed by atoms with E-state index in [0.29, 0.717) is 19.3 Å². The second-order valence-corrected chi connectivity index (χ2v) is 6.16. The van der Waals surface area contributed by atoms with Gasteiger partial charge in [0.2, 0.25) is 0 Å². The average Bonchev–Trinajstić information content (AvgIpc) is 2.92. The first-order valence-corrected chi connectivity index (χ1v) is 7.33. The molecule has 2 unspecified atom stereocenters. The third-order valence-electron chi connectivity index (χ3n) is 4.49. The van der Waals surface area contributed by atoms with Crippen LogP contribution in [0, 0.1) is 27.9 Å². The van der Waals surface area contributed by atoms with Crippen LogP contribution in [0.4, 0.5) is 5.69 Å². The van der Waals surface area contributed by atoms with Gasteiger partial charge in [-0.05, 0) is 31.4 Å². The van der Waals surface area contributed by atoms with E-state index in [2.05, 4.69) is 0 Å². The second-order valence-electron chi connectivity index (χ2n) is 5.73. The third-order valence-corrected chi connectivity index (χ3v) is 4.73. The van der Waals surface area contributed by atoms with Gasteiger partial charge in [-0.2, -0.15) is 0 Å². The maximum absolute atomic E-state index is 12.6. The first-order chi connectivity index (χ1) is 10.4. The van der Waals surface area contributed by atoms with Crippen LogP contribution < -0.4 is 0 Å². The van der Waals surface area contributed by atoms with Crippen molar-refractivity contribution in [3.05, 3.63) is 38.9 Å². The molecule has 0 spiro atoms. The van der Waals surface area contributed by atoms with Crippen molar-refractivity contribution in [2.75, 3.05) is 0 Å². The molecule has 114 valence electrons. The van der Waals surface area contributed by atoms with Crippen molar-refractivity contribution in [3.63, 3.8) is 0 Å². The summed E-state index contributed by atoms with van der Waals surface area (Å²) in [5, 5.41) is 11.2. The number of hydrogen-bond acceptors (Lipinski definition) is 5. The van der Waals surface area contributed by atoms with E-state index < -0.39 is 33.9 Å². The third kappa shape index (κ3) is 2.23. The number of carbonyl (C=O) groups is 3. The molecule has 0 N–H and O–H groups in total. The van der Waals surface area contributed by atoms with Crippen molar-refractivity contribution in [2.45, 2.75) is 19.3 Å². The lowest BCUT2D eigenvalue weighted by Crippen LogP contribution is -2.41. The van der Waals surface area contributed by atoms with E-state index in [1.807, 2.05) is 0 Å². The van der Waals surface area contributed by atoms with E-state index in [9.17, 15) is 24.5 Å². The molecule has 2 aliphatic carbocycles. The maximum Gasteiger partial charge on any atom is 0.281 e. The minimum absolute atomic E-state index is 0.115. The van der Waals surface area contributed by atoms with E-state index >= 15 is 0 Å². The summed E-state index contributed by atoms with van der Waals surface area (Å²) in [6, 6.07) is 3.61. The van der Waals surface area contributed by atoms with Gasteiger partial charge in [0.05, 0.1) is 10.5 Å². The van der Waals surface area contributed by atoms with Crippen molar-refractivity contribution in [3.8, 4) is 0 Å². The van der Waals surface area contributed by atoms with Crippen LogP contribution in [-0.4, -0.2) is 22.3 Å². The summed E-state index contributed by atoms with van der Waals surface area (Å²) in [6.07, 6.45) is 1.73. The Bertz CT molecular complexity index is 692. The summed E-state index contributed by atoms with van der Waals surface area (Å²) >= 11 is 5.72. The van der Waals surface area contributed by atoms with Crippen LogP contribution in [-0.2, 0) is 9.59 Å². The van der Waals surface area contributed by atoms with Gasteiger partial charge in [-0.3, -0.25) is 24.5 Å². The van der Waals surface area contributed by atoms with E-state index in [1.54, 1.807) is 0 Å². The largest absolute Gasteiger partial charge is 0.298 e. The number of nitro benzene ring substituents is 1. The fourth-order valence-corrected chi connectivity index (χ4v) is 3.55. The SMILES string of the molecule is O=C(c1ccc(Cl)cc1[N+](=O)[O-])C1C(=O)C2CCC(C2)C1=O. The fourth-order valence-electron chi connectivity index (χ4n) is 3.39. The Hall–Kier alpha value is -2.08. The van der Waals surface area contributed by atoms with Gasteiger partial charge >= 0.3 is 0 Å². The normalized spacial score (nSPS) is 27.0. The molecule has 1 aromatic rings. The first-order valence-electron chi connectivity index (χ1n) is 6.95. The van der Waals surface area contributed by atoms with Crippen LogP contribution in [0.5, 0.6) is 0 Å². The summed E-state index contributed by atoms with van der Waals surface area (Å²) in [4.78, 5) is 47.6. The highest BCUT2D eigenvalue weighted by molar-refractivity contribution is 6.31. The molecule has 6 nitrogen and oxygen atoms in total. The zero-order valence-corrected chi connectivity index (χ0v) is 12.2. The fraction of sp³-hybridized carbons (Fsp3) is 0.400. The standard InChI is InChI=1S/C15H12ClNO5/c16-9-3-4-10(11(6-9)17(21)22)15(20)12-13(18)7-1-2-8(5-7)14(12)19/h3-4,6-8,12H,1-2,5H2. The number of halogens is 1. The van der Waals surface area contributed by atoms with E-state index in [1.165, 1.54) is 12.1 Å². The molecule has 22 heavy (non-hydrogen) atoms. The van der Waals surface area contributed by atoms with Crippen LogP contribution >= 0.6 is 11.6 Å². The number of ketones is 3. The quantitative estimate of drug-likeness (QED) is 0.369. The van der Waals surface area contributed by atoms with E-state index in [0.717, 1.165) is 6.07 Å². The van der Waals surface area contributed by atoms with Gasteiger partial charge in [-0.25, -0.2) is 0 Å². The molecule has 0 aromatic heterocycles. The molecule has 2 atom stereocenters. The zero-order chi connectivity index (χ0) is 16.0. The molecule has 2 bridgehead atoms. The zero-order valence-electron chi connectivity index (χ0n) is 11.5. The molecule has 3 rings (SSSR count). The van der Waals surface area contributed by atoms with Crippen molar-refractivity contribution >= 4 is 34.6 Å². The molecule has 2 saturated carbocycles. The Balaban J connectivity index is 2.02. The van der Waals surface area contributed by atoms with Crippen molar-refractivity contribution in [1.29, 1.82) is 0 Å². The molecule has 7 heteroatoms. The summed E-state index contributed by atoms with van der Waals surface area (Å²) < 4.78 is 0. The minimum Gasteiger partial charge on any atom is -0.298 e. The maximum atomic E-state index is 12.6. The van der Waals surface area contributed by atoms with Gasteiger partial charge in [0.1, 0.15) is 5.92 Å². The first kappa shape index (κ1) is 14.8. The monoisotopic (exact) mass is 321 g/mol. The Morgan fingerprint density at radius 3 is 2.32 bits per heavy atom. The van der Waals surface area contributed by atoms with Crippen molar-refractivity contribution in [2.24, 2.45) is 17.8 Å². The predicted octanol–water partition coefficient (Wildman–Crippen LogP) is 2.62. The summed E-state index contributed by atoms with van der Waals surface area (Å²) in [6.45, 7) is 0. The summed E-state index contributed by atoms with van der Waals surface area (Å²) in [7, 11) is 0. The topological polar surface area (TPSA) is 94.3 Å². The molecular formula is C15H12ClNO5.